The Balaban J connectivity index is 2.10. The molecule has 0 aliphatic heterocycles. The Morgan fingerprint density at radius 1 is 1.13 bits per heavy atom. The number of hydrogen-bond acceptors (Lipinski definition) is 4. The number of pyridine rings is 1. The molecule has 3 aromatic rings. The van der Waals surface area contributed by atoms with E-state index in [0.29, 0.717) is 28.6 Å². The van der Waals surface area contributed by atoms with E-state index in [1.54, 1.807) is 55.5 Å². The van der Waals surface area contributed by atoms with E-state index in [2.05, 4.69) is 0 Å². The molecule has 0 bridgehead atoms. The highest BCUT2D eigenvalue weighted by Gasteiger charge is 2.12. The fraction of sp³-hybridized carbons (Fsp3) is 0.111. The third-order valence-corrected chi connectivity index (χ3v) is 3.55. The summed E-state index contributed by atoms with van der Waals surface area (Å²) in [6.07, 6.45) is 0. The number of aromatic nitrogens is 1. The molecule has 0 saturated carbocycles. The second-order valence-corrected chi connectivity index (χ2v) is 5.00. The molecule has 2 aromatic carbocycles. The average Bonchev–Trinajstić information content (AvgIpc) is 2.56. The van der Waals surface area contributed by atoms with Gasteiger partial charge in [-0.3, -0.25) is 4.79 Å². The van der Waals surface area contributed by atoms with Gasteiger partial charge in [-0.25, -0.2) is 9.36 Å². The van der Waals surface area contributed by atoms with E-state index in [0.717, 1.165) is 0 Å². The molecule has 0 unspecified atom stereocenters. The number of ether oxygens (including phenoxy) is 1. The van der Waals surface area contributed by atoms with Crippen LogP contribution in [0.3, 0.4) is 0 Å². The van der Waals surface area contributed by atoms with Crippen LogP contribution in [-0.2, 0) is 4.74 Å². The van der Waals surface area contributed by atoms with Crippen LogP contribution in [0.4, 0.5) is 0 Å². The van der Waals surface area contributed by atoms with Crippen molar-refractivity contribution in [3.05, 3.63) is 70.5 Å². The number of rotatable bonds is 3. The Kier molecular flexibility index (Phi) is 3.85. The Labute approximate surface area is 132 Å². The minimum absolute atomic E-state index is 0.128. The van der Waals surface area contributed by atoms with Crippen LogP contribution in [-0.4, -0.2) is 22.2 Å². The summed E-state index contributed by atoms with van der Waals surface area (Å²) in [6.45, 7) is 2.03. The number of nitrogens with zero attached hydrogens (tertiary/aromatic N) is 1. The van der Waals surface area contributed by atoms with Crippen molar-refractivity contribution in [1.82, 2.24) is 4.57 Å². The van der Waals surface area contributed by atoms with Gasteiger partial charge in [0.25, 0.3) is 5.56 Å². The van der Waals surface area contributed by atoms with Crippen molar-refractivity contribution in [1.29, 1.82) is 0 Å². The maximum absolute atomic E-state index is 12.3. The molecule has 0 fully saturated rings. The van der Waals surface area contributed by atoms with Crippen molar-refractivity contribution in [3.8, 4) is 11.6 Å². The number of hydrogen-bond donors (Lipinski definition) is 1. The Morgan fingerprint density at radius 2 is 1.83 bits per heavy atom. The molecule has 0 atom stereocenters. The lowest BCUT2D eigenvalue weighted by Gasteiger charge is -2.11. The van der Waals surface area contributed by atoms with Crippen LogP contribution in [0.5, 0.6) is 5.88 Å². The van der Waals surface area contributed by atoms with Gasteiger partial charge >= 0.3 is 5.97 Å². The number of carbonyl (C=O) groups excluding carboxylic acids is 1. The summed E-state index contributed by atoms with van der Waals surface area (Å²) in [5, 5.41) is 11.7. The first-order valence-electron chi connectivity index (χ1n) is 7.23. The highest BCUT2D eigenvalue weighted by Crippen LogP contribution is 2.25. The van der Waals surface area contributed by atoms with Gasteiger partial charge in [0.1, 0.15) is 0 Å². The van der Waals surface area contributed by atoms with Gasteiger partial charge in [0.15, 0.2) is 0 Å². The van der Waals surface area contributed by atoms with Crippen molar-refractivity contribution in [2.75, 3.05) is 6.61 Å². The number of fused-ring (bicyclic) bond motifs is 1. The van der Waals surface area contributed by atoms with Gasteiger partial charge < -0.3 is 9.84 Å². The van der Waals surface area contributed by atoms with Gasteiger partial charge in [0, 0.05) is 11.5 Å². The number of benzene rings is 2. The first kappa shape index (κ1) is 14.8. The normalized spacial score (nSPS) is 10.7. The van der Waals surface area contributed by atoms with E-state index < -0.39 is 5.97 Å². The Bertz CT molecular complexity index is 926. The van der Waals surface area contributed by atoms with E-state index in [9.17, 15) is 14.7 Å². The second-order valence-electron chi connectivity index (χ2n) is 5.00. The summed E-state index contributed by atoms with van der Waals surface area (Å²) in [7, 11) is 0. The molecular weight excluding hydrogens is 294 g/mol. The predicted octanol–water partition coefficient (Wildman–Crippen LogP) is 2.87. The average molecular weight is 309 g/mol. The molecule has 5 nitrogen and oxygen atoms in total. The third-order valence-electron chi connectivity index (χ3n) is 3.55. The summed E-state index contributed by atoms with van der Waals surface area (Å²) in [5.41, 5.74) is 0.528. The number of esters is 1. The number of aromatic hydroxyl groups is 1. The lowest BCUT2D eigenvalue weighted by atomic mass is 10.1. The van der Waals surface area contributed by atoms with E-state index in [1.165, 1.54) is 10.6 Å². The van der Waals surface area contributed by atoms with Crippen LogP contribution in [0.2, 0.25) is 0 Å². The van der Waals surface area contributed by atoms with E-state index in [4.69, 9.17) is 4.74 Å². The molecule has 1 N–H and O–H groups in total. The van der Waals surface area contributed by atoms with E-state index in [-0.39, 0.29) is 11.4 Å². The molecule has 0 radical (unpaired) electrons. The van der Waals surface area contributed by atoms with Crippen LogP contribution >= 0.6 is 0 Å². The standard InChI is InChI=1S/C18H15NO4/c1-2-23-18(22)12-7-9-14(10-8-12)19-16(20)11-13-5-3-4-6-15(13)17(19)21/h3-11,21H,2H2,1H3. The maximum atomic E-state index is 12.3. The van der Waals surface area contributed by atoms with Gasteiger partial charge in [-0.15, -0.1) is 0 Å². The molecule has 0 aliphatic carbocycles. The van der Waals surface area contributed by atoms with Crippen molar-refractivity contribution in [3.63, 3.8) is 0 Å². The summed E-state index contributed by atoms with van der Waals surface area (Å²) in [6, 6.07) is 14.9. The highest BCUT2D eigenvalue weighted by molar-refractivity contribution is 5.90. The fourth-order valence-corrected chi connectivity index (χ4v) is 2.46. The molecular formula is C18H15NO4. The van der Waals surface area contributed by atoms with Crippen molar-refractivity contribution < 1.29 is 14.6 Å². The van der Waals surface area contributed by atoms with Gasteiger partial charge in [-0.1, -0.05) is 18.2 Å². The summed E-state index contributed by atoms with van der Waals surface area (Å²) < 4.78 is 6.13. The Hall–Kier alpha value is -3.08. The lowest BCUT2D eigenvalue weighted by Crippen LogP contribution is -2.17. The van der Waals surface area contributed by atoms with Gasteiger partial charge in [-0.05, 0) is 42.6 Å². The van der Waals surface area contributed by atoms with Crippen LogP contribution in [0.15, 0.2) is 59.4 Å². The van der Waals surface area contributed by atoms with Crippen LogP contribution in [0.25, 0.3) is 16.5 Å². The first-order chi connectivity index (χ1) is 11.1. The van der Waals surface area contributed by atoms with Crippen LogP contribution in [0.1, 0.15) is 17.3 Å². The predicted molar refractivity (Wildman–Crippen MR) is 87.2 cm³/mol. The molecule has 116 valence electrons. The monoisotopic (exact) mass is 309 g/mol. The molecule has 1 heterocycles. The molecule has 0 spiro atoms. The minimum atomic E-state index is -0.422. The third kappa shape index (κ3) is 2.68. The van der Waals surface area contributed by atoms with E-state index >= 15 is 0 Å². The van der Waals surface area contributed by atoms with Gasteiger partial charge in [-0.2, -0.15) is 0 Å². The van der Waals surface area contributed by atoms with Crippen LogP contribution in [0, 0.1) is 0 Å². The largest absolute Gasteiger partial charge is 0.494 e. The Morgan fingerprint density at radius 3 is 2.52 bits per heavy atom. The van der Waals surface area contributed by atoms with Crippen molar-refractivity contribution in [2.24, 2.45) is 0 Å². The zero-order chi connectivity index (χ0) is 16.4. The van der Waals surface area contributed by atoms with Gasteiger partial charge in [0.05, 0.1) is 17.9 Å². The van der Waals surface area contributed by atoms with Gasteiger partial charge in [0.2, 0.25) is 5.88 Å². The molecule has 3 rings (SSSR count). The van der Waals surface area contributed by atoms with Crippen LogP contribution < -0.4 is 5.56 Å². The van der Waals surface area contributed by atoms with Crippen molar-refractivity contribution >= 4 is 16.7 Å². The fourth-order valence-electron chi connectivity index (χ4n) is 2.46. The smallest absolute Gasteiger partial charge is 0.338 e. The lowest BCUT2D eigenvalue weighted by molar-refractivity contribution is 0.0526. The molecule has 5 heteroatoms. The zero-order valence-electron chi connectivity index (χ0n) is 12.5. The molecule has 0 saturated heterocycles. The zero-order valence-corrected chi connectivity index (χ0v) is 12.5. The van der Waals surface area contributed by atoms with E-state index in [1.807, 2.05) is 0 Å². The number of carbonyl (C=O) groups is 1. The molecule has 0 amide bonds. The quantitative estimate of drug-likeness (QED) is 0.755. The topological polar surface area (TPSA) is 68.5 Å². The summed E-state index contributed by atoms with van der Waals surface area (Å²) in [4.78, 5) is 23.9. The highest BCUT2D eigenvalue weighted by atomic mass is 16.5. The first-order valence-corrected chi connectivity index (χ1v) is 7.23. The maximum Gasteiger partial charge on any atom is 0.338 e. The summed E-state index contributed by atoms with van der Waals surface area (Å²) in [5.74, 6) is -0.550. The minimum Gasteiger partial charge on any atom is -0.494 e. The molecule has 0 aliphatic rings. The SMILES string of the molecule is CCOC(=O)c1ccc(-n2c(O)c3ccccc3cc2=O)cc1. The second kappa shape index (κ2) is 5.96. The molecule has 23 heavy (non-hydrogen) atoms. The molecule has 1 aromatic heterocycles. The summed E-state index contributed by atoms with van der Waals surface area (Å²) >= 11 is 0. The van der Waals surface area contributed by atoms with Crippen molar-refractivity contribution in [2.45, 2.75) is 6.92 Å².